The summed E-state index contributed by atoms with van der Waals surface area (Å²) in [5.41, 5.74) is 9.34. The standard InChI is InChI=1S/C30H43NO/c1-20(2)23-9-11-26-24(17-23)10-12-28-29(5,13-8-14-30(26,28)6)19-31-18-25-15-22(4)27(32-7)16-21(25)3/h9,11,15-17,20,28,31H,8,10,12-14,18-19H2,1-7H3/t28-,29-,30+/m1/s1. The van der Waals surface area contributed by atoms with Gasteiger partial charge in [0.25, 0.3) is 0 Å². The molecule has 2 aromatic carbocycles. The van der Waals surface area contributed by atoms with Crippen molar-refractivity contribution in [2.24, 2.45) is 11.3 Å². The minimum Gasteiger partial charge on any atom is -0.496 e. The van der Waals surface area contributed by atoms with Crippen LogP contribution in [0.1, 0.15) is 92.7 Å². The van der Waals surface area contributed by atoms with E-state index in [0.717, 1.165) is 24.8 Å². The number of ether oxygens (including phenoxy) is 1. The van der Waals surface area contributed by atoms with Gasteiger partial charge < -0.3 is 10.1 Å². The number of nitrogens with one attached hydrogen (secondary N) is 1. The first-order valence-corrected chi connectivity index (χ1v) is 12.7. The average molecular weight is 434 g/mol. The van der Waals surface area contributed by atoms with Crippen LogP contribution in [0.4, 0.5) is 0 Å². The fourth-order valence-corrected chi connectivity index (χ4v) is 6.96. The Labute approximate surface area is 196 Å². The molecule has 2 aliphatic rings. The molecule has 1 saturated carbocycles. The lowest BCUT2D eigenvalue weighted by Crippen LogP contribution is -2.52. The molecular formula is C30H43NO. The second-order valence-corrected chi connectivity index (χ2v) is 11.4. The topological polar surface area (TPSA) is 21.3 Å². The van der Waals surface area contributed by atoms with Crippen molar-refractivity contribution in [2.45, 2.75) is 91.5 Å². The van der Waals surface area contributed by atoms with E-state index in [9.17, 15) is 0 Å². The fourth-order valence-electron chi connectivity index (χ4n) is 6.96. The molecule has 4 rings (SSSR count). The van der Waals surface area contributed by atoms with E-state index in [-0.39, 0.29) is 0 Å². The molecule has 174 valence electrons. The van der Waals surface area contributed by atoms with Gasteiger partial charge in [-0.25, -0.2) is 0 Å². The predicted molar refractivity (Wildman–Crippen MR) is 136 cm³/mol. The van der Waals surface area contributed by atoms with E-state index in [4.69, 9.17) is 4.74 Å². The van der Waals surface area contributed by atoms with Crippen LogP contribution in [0.25, 0.3) is 0 Å². The number of benzene rings is 2. The van der Waals surface area contributed by atoms with Crippen LogP contribution in [0.5, 0.6) is 5.75 Å². The lowest BCUT2D eigenvalue weighted by molar-refractivity contribution is 0.0257. The molecule has 2 nitrogen and oxygen atoms in total. The van der Waals surface area contributed by atoms with Crippen molar-refractivity contribution in [3.05, 3.63) is 63.7 Å². The average Bonchev–Trinajstić information content (AvgIpc) is 2.75. The number of methoxy groups -OCH3 is 1. The Morgan fingerprint density at radius 1 is 1.06 bits per heavy atom. The highest BCUT2D eigenvalue weighted by Crippen LogP contribution is 2.57. The fraction of sp³-hybridized carbons (Fsp3) is 0.600. The minimum absolute atomic E-state index is 0.310. The number of rotatable bonds is 6. The van der Waals surface area contributed by atoms with Gasteiger partial charge in [0, 0.05) is 13.1 Å². The van der Waals surface area contributed by atoms with Gasteiger partial charge in [0.05, 0.1) is 7.11 Å². The molecule has 32 heavy (non-hydrogen) atoms. The molecule has 2 aliphatic carbocycles. The normalized spacial score (nSPS) is 27.2. The molecular weight excluding hydrogens is 390 g/mol. The molecule has 1 fully saturated rings. The van der Waals surface area contributed by atoms with Crippen molar-refractivity contribution in [3.8, 4) is 5.75 Å². The van der Waals surface area contributed by atoms with Crippen molar-refractivity contribution in [1.82, 2.24) is 5.32 Å². The highest BCUT2D eigenvalue weighted by atomic mass is 16.5. The summed E-state index contributed by atoms with van der Waals surface area (Å²) >= 11 is 0. The van der Waals surface area contributed by atoms with Crippen LogP contribution in [-0.2, 0) is 18.4 Å². The van der Waals surface area contributed by atoms with Crippen LogP contribution in [0, 0.1) is 25.2 Å². The molecule has 2 aromatic rings. The van der Waals surface area contributed by atoms with E-state index in [0.29, 0.717) is 16.7 Å². The third-order valence-electron chi connectivity index (χ3n) is 8.87. The summed E-state index contributed by atoms with van der Waals surface area (Å²) in [4.78, 5) is 0. The molecule has 2 heteroatoms. The zero-order valence-electron chi connectivity index (χ0n) is 21.4. The smallest absolute Gasteiger partial charge is 0.122 e. The minimum atomic E-state index is 0.310. The maximum atomic E-state index is 5.50. The van der Waals surface area contributed by atoms with E-state index < -0.39 is 0 Å². The lowest BCUT2D eigenvalue weighted by atomic mass is 9.49. The van der Waals surface area contributed by atoms with Crippen LogP contribution >= 0.6 is 0 Å². The van der Waals surface area contributed by atoms with Crippen LogP contribution in [0.15, 0.2) is 30.3 Å². The largest absolute Gasteiger partial charge is 0.496 e. The Balaban J connectivity index is 1.52. The van der Waals surface area contributed by atoms with E-state index >= 15 is 0 Å². The van der Waals surface area contributed by atoms with Crippen LogP contribution in [0.2, 0.25) is 0 Å². The summed E-state index contributed by atoms with van der Waals surface area (Å²) < 4.78 is 5.50. The van der Waals surface area contributed by atoms with Gasteiger partial charge in [-0.2, -0.15) is 0 Å². The number of hydrogen-bond acceptors (Lipinski definition) is 2. The first-order valence-electron chi connectivity index (χ1n) is 12.7. The van der Waals surface area contributed by atoms with E-state index in [1.165, 1.54) is 54.4 Å². The Kier molecular flexibility index (Phi) is 6.47. The molecule has 0 unspecified atom stereocenters. The Morgan fingerprint density at radius 3 is 2.56 bits per heavy atom. The molecule has 0 aliphatic heterocycles. The molecule has 0 saturated heterocycles. The van der Waals surface area contributed by atoms with Crippen LogP contribution in [-0.4, -0.2) is 13.7 Å². The monoisotopic (exact) mass is 433 g/mol. The van der Waals surface area contributed by atoms with Gasteiger partial charge in [-0.3, -0.25) is 0 Å². The summed E-state index contributed by atoms with van der Waals surface area (Å²) in [6, 6.07) is 11.9. The molecule has 0 bridgehead atoms. The van der Waals surface area contributed by atoms with Gasteiger partial charge in [-0.1, -0.05) is 58.4 Å². The third-order valence-corrected chi connectivity index (χ3v) is 8.87. The zero-order chi connectivity index (χ0) is 23.1. The number of aryl methyl sites for hydroxylation is 3. The molecule has 1 N–H and O–H groups in total. The van der Waals surface area contributed by atoms with Gasteiger partial charge in [0.1, 0.15) is 5.75 Å². The maximum Gasteiger partial charge on any atom is 0.122 e. The van der Waals surface area contributed by atoms with Crippen molar-refractivity contribution in [2.75, 3.05) is 13.7 Å². The van der Waals surface area contributed by atoms with Gasteiger partial charge in [0.15, 0.2) is 0 Å². The number of hydrogen-bond donors (Lipinski definition) is 1. The highest BCUT2D eigenvalue weighted by Gasteiger charge is 2.51. The maximum absolute atomic E-state index is 5.50. The van der Waals surface area contributed by atoms with Crippen molar-refractivity contribution < 1.29 is 4.74 Å². The van der Waals surface area contributed by atoms with E-state index in [2.05, 4.69) is 77.2 Å². The lowest BCUT2D eigenvalue weighted by Gasteiger charge is -2.55. The number of fused-ring (bicyclic) bond motifs is 3. The molecule has 3 atom stereocenters. The quantitative estimate of drug-likeness (QED) is 0.518. The van der Waals surface area contributed by atoms with Gasteiger partial charge in [-0.05, 0) is 102 Å². The zero-order valence-corrected chi connectivity index (χ0v) is 21.4. The van der Waals surface area contributed by atoms with Gasteiger partial charge in [0.2, 0.25) is 0 Å². The summed E-state index contributed by atoms with van der Waals surface area (Å²) in [7, 11) is 1.76. The molecule has 0 amide bonds. The van der Waals surface area contributed by atoms with Gasteiger partial charge in [-0.15, -0.1) is 0 Å². The summed E-state index contributed by atoms with van der Waals surface area (Å²) in [5.74, 6) is 2.34. The van der Waals surface area contributed by atoms with Crippen molar-refractivity contribution in [1.29, 1.82) is 0 Å². The van der Waals surface area contributed by atoms with Crippen LogP contribution < -0.4 is 10.1 Å². The van der Waals surface area contributed by atoms with Gasteiger partial charge >= 0.3 is 0 Å². The molecule has 0 radical (unpaired) electrons. The second kappa shape index (κ2) is 8.86. The summed E-state index contributed by atoms with van der Waals surface area (Å²) in [6.07, 6.45) is 6.56. The Bertz CT molecular complexity index is 977. The SMILES string of the molecule is COc1cc(C)c(CNC[C@@]2(C)CCC[C@@]3(C)c4ccc(C(C)C)cc4CC[C@H]23)cc1C. The van der Waals surface area contributed by atoms with Crippen molar-refractivity contribution >= 4 is 0 Å². The van der Waals surface area contributed by atoms with E-state index in [1.807, 2.05) is 0 Å². The highest BCUT2D eigenvalue weighted by molar-refractivity contribution is 5.43. The summed E-state index contributed by atoms with van der Waals surface area (Å²) in [5, 5.41) is 3.87. The first-order chi connectivity index (χ1) is 15.2. The van der Waals surface area contributed by atoms with Crippen molar-refractivity contribution in [3.63, 3.8) is 0 Å². The van der Waals surface area contributed by atoms with E-state index in [1.54, 1.807) is 18.2 Å². The Morgan fingerprint density at radius 2 is 1.84 bits per heavy atom. The molecule has 0 aromatic heterocycles. The first kappa shape index (κ1) is 23.4. The predicted octanol–water partition coefficient (Wildman–Crippen LogP) is 7.24. The Hall–Kier alpha value is -1.80. The molecule has 0 spiro atoms. The third kappa shape index (κ3) is 4.12. The summed E-state index contributed by atoms with van der Waals surface area (Å²) in [6.45, 7) is 16.1. The van der Waals surface area contributed by atoms with Crippen LogP contribution in [0.3, 0.4) is 0 Å². The second-order valence-electron chi connectivity index (χ2n) is 11.4. The molecule has 0 heterocycles.